The summed E-state index contributed by atoms with van der Waals surface area (Å²) in [6, 6.07) is 16.0. The van der Waals surface area contributed by atoms with Gasteiger partial charge >= 0.3 is 6.18 Å². The Morgan fingerprint density at radius 2 is 1.83 bits per heavy atom. The van der Waals surface area contributed by atoms with Crippen molar-refractivity contribution in [1.82, 2.24) is 10.3 Å². The molecule has 2 N–H and O–H groups in total. The van der Waals surface area contributed by atoms with E-state index >= 15 is 0 Å². The molecule has 0 spiro atoms. The van der Waals surface area contributed by atoms with Crippen molar-refractivity contribution in [3.63, 3.8) is 0 Å². The highest BCUT2D eigenvalue weighted by molar-refractivity contribution is 7.19. The van der Waals surface area contributed by atoms with Crippen LogP contribution in [0.3, 0.4) is 0 Å². The van der Waals surface area contributed by atoms with E-state index in [0.29, 0.717) is 10.9 Å². The van der Waals surface area contributed by atoms with E-state index in [1.165, 1.54) is 27.2 Å². The lowest BCUT2D eigenvalue weighted by Crippen LogP contribution is -2.17. The fourth-order valence-electron chi connectivity index (χ4n) is 3.25. The lowest BCUT2D eigenvalue weighted by atomic mass is 10.1. The fraction of sp³-hybridized carbons (Fsp3) is 0.227. The molecule has 0 amide bonds. The van der Waals surface area contributed by atoms with Crippen LogP contribution in [0.25, 0.3) is 21.0 Å². The van der Waals surface area contributed by atoms with Gasteiger partial charge in [0, 0.05) is 39.9 Å². The number of nitrogens with zero attached hydrogens (tertiary/aromatic N) is 1. The van der Waals surface area contributed by atoms with Crippen LogP contribution in [-0.2, 0) is 12.7 Å². The van der Waals surface area contributed by atoms with E-state index in [1.807, 2.05) is 6.07 Å². The Labute approximate surface area is 170 Å². The van der Waals surface area contributed by atoms with Crippen molar-refractivity contribution < 1.29 is 13.2 Å². The number of hydrogen-bond acceptors (Lipinski definition) is 4. The Bertz CT molecular complexity index is 1090. The first-order chi connectivity index (χ1) is 14.0. The van der Waals surface area contributed by atoms with Gasteiger partial charge in [-0.25, -0.2) is 0 Å². The quantitative estimate of drug-likeness (QED) is 0.360. The maximum absolute atomic E-state index is 12.9. The van der Waals surface area contributed by atoms with E-state index in [0.717, 1.165) is 43.9 Å². The molecule has 0 unspecified atom stereocenters. The molecule has 0 saturated carbocycles. The monoisotopic (exact) mass is 415 g/mol. The molecule has 150 valence electrons. The minimum atomic E-state index is -4.36. The van der Waals surface area contributed by atoms with Gasteiger partial charge in [-0.15, -0.1) is 11.3 Å². The zero-order chi connectivity index (χ0) is 20.3. The van der Waals surface area contributed by atoms with Crippen molar-refractivity contribution >= 4 is 38.0 Å². The summed E-state index contributed by atoms with van der Waals surface area (Å²) < 4.78 is 39.9. The van der Waals surface area contributed by atoms with Crippen LogP contribution in [0.15, 0.2) is 60.8 Å². The van der Waals surface area contributed by atoms with Gasteiger partial charge in [-0.1, -0.05) is 24.3 Å². The first kappa shape index (κ1) is 19.7. The van der Waals surface area contributed by atoms with Crippen molar-refractivity contribution in [1.29, 1.82) is 0 Å². The summed E-state index contributed by atoms with van der Waals surface area (Å²) in [4.78, 5) is 5.38. The van der Waals surface area contributed by atoms with Gasteiger partial charge in [-0.2, -0.15) is 13.2 Å². The number of hydrogen-bond donors (Lipinski definition) is 2. The van der Waals surface area contributed by atoms with E-state index in [1.54, 1.807) is 17.4 Å². The van der Waals surface area contributed by atoms with E-state index in [-0.39, 0.29) is 0 Å². The second-order valence-corrected chi connectivity index (χ2v) is 7.96. The van der Waals surface area contributed by atoms with Crippen LogP contribution in [-0.4, -0.2) is 18.1 Å². The minimum Gasteiger partial charge on any atom is -0.384 e. The van der Waals surface area contributed by atoms with Crippen LogP contribution >= 0.6 is 11.3 Å². The topological polar surface area (TPSA) is 37.0 Å². The normalized spacial score (nSPS) is 12.0. The summed E-state index contributed by atoms with van der Waals surface area (Å²) in [6.45, 7) is 2.40. The van der Waals surface area contributed by atoms with Gasteiger partial charge in [0.2, 0.25) is 0 Å². The molecule has 0 atom stereocenters. The highest BCUT2D eigenvalue weighted by Crippen LogP contribution is 2.32. The van der Waals surface area contributed by atoms with Crippen LogP contribution in [0.1, 0.15) is 16.9 Å². The highest BCUT2D eigenvalue weighted by Gasteiger charge is 2.30. The number of anilines is 1. The Morgan fingerprint density at radius 1 is 0.966 bits per heavy atom. The number of pyridine rings is 1. The maximum Gasteiger partial charge on any atom is 0.416 e. The summed E-state index contributed by atoms with van der Waals surface area (Å²) >= 11 is 1.80. The maximum atomic E-state index is 12.9. The molecule has 3 nitrogen and oxygen atoms in total. The van der Waals surface area contributed by atoms with E-state index in [2.05, 4.69) is 39.9 Å². The van der Waals surface area contributed by atoms with Gasteiger partial charge in [0.15, 0.2) is 0 Å². The SMILES string of the molecule is FC(F)(F)c1ccc2c(NCCCNCc3cc4ccccc4s3)ccnc2c1. The zero-order valence-electron chi connectivity index (χ0n) is 15.6. The van der Waals surface area contributed by atoms with Crippen LogP contribution < -0.4 is 10.6 Å². The average Bonchev–Trinajstić information content (AvgIpc) is 3.12. The minimum absolute atomic E-state index is 0.340. The number of halogens is 3. The van der Waals surface area contributed by atoms with Gasteiger partial charge in [-0.3, -0.25) is 4.98 Å². The summed E-state index contributed by atoms with van der Waals surface area (Å²) in [5, 5.41) is 8.72. The molecule has 0 aliphatic carbocycles. The van der Waals surface area contributed by atoms with Gasteiger partial charge < -0.3 is 10.6 Å². The van der Waals surface area contributed by atoms with E-state index < -0.39 is 11.7 Å². The fourth-order valence-corrected chi connectivity index (χ4v) is 4.28. The molecule has 0 saturated heterocycles. The molecule has 0 fully saturated rings. The third-order valence-corrected chi connectivity index (χ3v) is 5.81. The van der Waals surface area contributed by atoms with E-state index in [9.17, 15) is 13.2 Å². The zero-order valence-corrected chi connectivity index (χ0v) is 16.4. The largest absolute Gasteiger partial charge is 0.416 e. The van der Waals surface area contributed by atoms with E-state index in [4.69, 9.17) is 0 Å². The average molecular weight is 415 g/mol. The van der Waals surface area contributed by atoms with Crippen LogP contribution in [0.2, 0.25) is 0 Å². The number of rotatable bonds is 7. The van der Waals surface area contributed by atoms with Crippen molar-refractivity contribution in [2.24, 2.45) is 0 Å². The molecule has 2 heterocycles. The third-order valence-electron chi connectivity index (χ3n) is 4.69. The molecule has 0 radical (unpaired) electrons. The molecule has 0 aliphatic heterocycles. The molecule has 0 bridgehead atoms. The summed E-state index contributed by atoms with van der Waals surface area (Å²) in [5.74, 6) is 0. The molecular formula is C22H20F3N3S. The number of aromatic nitrogens is 1. The summed E-state index contributed by atoms with van der Waals surface area (Å²) in [7, 11) is 0. The van der Waals surface area contributed by atoms with Crippen molar-refractivity contribution in [2.45, 2.75) is 19.1 Å². The molecule has 29 heavy (non-hydrogen) atoms. The van der Waals surface area contributed by atoms with Crippen LogP contribution in [0.5, 0.6) is 0 Å². The molecule has 2 aromatic carbocycles. The predicted molar refractivity (Wildman–Crippen MR) is 113 cm³/mol. The first-order valence-corrected chi connectivity index (χ1v) is 10.2. The van der Waals surface area contributed by atoms with Gasteiger partial charge in [0.05, 0.1) is 11.1 Å². The lowest BCUT2D eigenvalue weighted by molar-refractivity contribution is -0.137. The van der Waals surface area contributed by atoms with Crippen LogP contribution in [0, 0.1) is 0 Å². The van der Waals surface area contributed by atoms with Crippen LogP contribution in [0.4, 0.5) is 18.9 Å². The summed E-state index contributed by atoms with van der Waals surface area (Å²) in [5.41, 5.74) is 0.459. The summed E-state index contributed by atoms with van der Waals surface area (Å²) in [6.07, 6.45) is -1.93. The number of nitrogens with one attached hydrogen (secondary N) is 2. The van der Waals surface area contributed by atoms with Gasteiger partial charge in [-0.05, 0) is 48.7 Å². The molecule has 2 aromatic heterocycles. The standard InChI is InChI=1S/C22H20F3N3S/c23-22(24,25)16-6-7-18-19(8-11-28-20(18)13-16)27-10-3-9-26-14-17-12-15-4-1-2-5-21(15)29-17/h1-2,4-8,11-13,26H,3,9-10,14H2,(H,27,28). The Kier molecular flexibility index (Phi) is 5.69. The molecule has 7 heteroatoms. The Balaban J connectivity index is 1.28. The number of fused-ring (bicyclic) bond motifs is 2. The molecule has 0 aliphatic rings. The smallest absolute Gasteiger partial charge is 0.384 e. The number of alkyl halides is 3. The molecule has 4 aromatic rings. The molecule has 4 rings (SSSR count). The number of thiophene rings is 1. The Hall–Kier alpha value is -2.64. The van der Waals surface area contributed by atoms with Gasteiger partial charge in [0.25, 0.3) is 0 Å². The van der Waals surface area contributed by atoms with Crippen molar-refractivity contribution in [2.75, 3.05) is 18.4 Å². The van der Waals surface area contributed by atoms with Crippen molar-refractivity contribution in [3.8, 4) is 0 Å². The number of benzene rings is 2. The van der Waals surface area contributed by atoms with Gasteiger partial charge in [0.1, 0.15) is 0 Å². The third kappa shape index (κ3) is 4.68. The second kappa shape index (κ2) is 8.39. The van der Waals surface area contributed by atoms with Crippen molar-refractivity contribution in [3.05, 3.63) is 71.2 Å². The Morgan fingerprint density at radius 3 is 2.66 bits per heavy atom. The first-order valence-electron chi connectivity index (χ1n) is 9.39. The highest BCUT2D eigenvalue weighted by atomic mass is 32.1. The second-order valence-electron chi connectivity index (χ2n) is 6.80. The lowest BCUT2D eigenvalue weighted by Gasteiger charge is -2.12. The predicted octanol–water partition coefficient (Wildman–Crippen LogP) is 6.06. The molecular weight excluding hydrogens is 395 g/mol.